The summed E-state index contributed by atoms with van der Waals surface area (Å²) in [5.41, 5.74) is -0.135. The molecule has 0 saturated heterocycles. The van der Waals surface area contributed by atoms with Crippen molar-refractivity contribution in [1.29, 1.82) is 0 Å². The SMILES string of the molecule is O=C(Br)c1cc(C(=O)Br)c(C(=O)Br)c(C(=O)Br)c1. The first-order valence-corrected chi connectivity index (χ1v) is 7.40. The fraction of sp³-hybridized carbons (Fsp3) is 0. The second-order valence-corrected chi connectivity index (χ2v) is 5.92. The maximum absolute atomic E-state index is 11.5. The van der Waals surface area contributed by atoms with E-state index < -0.39 is 18.8 Å². The number of hydrogen-bond donors (Lipinski definition) is 0. The van der Waals surface area contributed by atoms with E-state index in [1.165, 1.54) is 12.1 Å². The van der Waals surface area contributed by atoms with Crippen molar-refractivity contribution < 1.29 is 19.2 Å². The highest BCUT2D eigenvalue weighted by atomic mass is 79.9. The van der Waals surface area contributed by atoms with Crippen molar-refractivity contribution in [1.82, 2.24) is 0 Å². The Bertz CT molecular complexity index is 544. The molecule has 0 heterocycles. The van der Waals surface area contributed by atoms with E-state index in [4.69, 9.17) is 0 Å². The van der Waals surface area contributed by atoms with Crippen molar-refractivity contribution in [3.63, 3.8) is 0 Å². The third-order valence-corrected chi connectivity index (χ3v) is 3.69. The van der Waals surface area contributed by atoms with Crippen LogP contribution in [0.5, 0.6) is 0 Å². The zero-order valence-electron chi connectivity index (χ0n) is 8.30. The van der Waals surface area contributed by atoms with Crippen molar-refractivity contribution in [3.05, 3.63) is 34.4 Å². The number of rotatable bonds is 4. The van der Waals surface area contributed by atoms with E-state index in [1.54, 1.807) is 0 Å². The van der Waals surface area contributed by atoms with Gasteiger partial charge in [0.2, 0.25) is 18.8 Å². The molecule has 4 nitrogen and oxygen atoms in total. The number of carbonyl (C=O) groups is 4. The van der Waals surface area contributed by atoms with Gasteiger partial charge in [0.1, 0.15) is 0 Å². The molecule has 0 aliphatic heterocycles. The number of benzene rings is 1. The normalized spacial score (nSPS) is 10.0. The van der Waals surface area contributed by atoms with E-state index >= 15 is 0 Å². The molecule has 0 N–H and O–H groups in total. The lowest BCUT2D eigenvalue weighted by Crippen LogP contribution is -2.09. The molecular formula is C10H2Br4O4. The van der Waals surface area contributed by atoms with Gasteiger partial charge in [-0.15, -0.1) is 0 Å². The van der Waals surface area contributed by atoms with Crippen LogP contribution in [-0.2, 0) is 0 Å². The Morgan fingerprint density at radius 3 is 1.28 bits per heavy atom. The van der Waals surface area contributed by atoms with Gasteiger partial charge in [-0.1, -0.05) is 0 Å². The highest BCUT2D eigenvalue weighted by molar-refractivity contribution is 9.19. The van der Waals surface area contributed by atoms with E-state index in [0.29, 0.717) is 0 Å². The third kappa shape index (κ3) is 3.43. The van der Waals surface area contributed by atoms with Gasteiger partial charge in [0.25, 0.3) is 0 Å². The summed E-state index contributed by atoms with van der Waals surface area (Å²) in [5.74, 6) is 0. The molecule has 0 aromatic heterocycles. The smallest absolute Gasteiger partial charge is 0.229 e. The Balaban J connectivity index is 3.76. The van der Waals surface area contributed by atoms with Crippen LogP contribution in [0.4, 0.5) is 0 Å². The summed E-state index contributed by atoms with van der Waals surface area (Å²) in [6.45, 7) is 0. The van der Waals surface area contributed by atoms with Crippen molar-refractivity contribution in [2.45, 2.75) is 0 Å². The number of carbonyl (C=O) groups excluding carboxylic acids is 4. The lowest BCUT2D eigenvalue weighted by Gasteiger charge is -2.08. The van der Waals surface area contributed by atoms with Crippen LogP contribution in [0.3, 0.4) is 0 Å². The van der Waals surface area contributed by atoms with Gasteiger partial charge in [0.15, 0.2) is 0 Å². The Morgan fingerprint density at radius 2 is 1.06 bits per heavy atom. The van der Waals surface area contributed by atoms with Gasteiger partial charge in [-0.2, -0.15) is 0 Å². The van der Waals surface area contributed by atoms with Crippen molar-refractivity contribution in [2.24, 2.45) is 0 Å². The molecule has 94 valence electrons. The maximum atomic E-state index is 11.5. The number of hydrogen-bond acceptors (Lipinski definition) is 4. The molecule has 0 amide bonds. The van der Waals surface area contributed by atoms with E-state index in [1.807, 2.05) is 0 Å². The van der Waals surface area contributed by atoms with Crippen LogP contribution in [0.1, 0.15) is 41.4 Å². The largest absolute Gasteiger partial charge is 0.281 e. The molecule has 1 aromatic rings. The Hall–Kier alpha value is -0.180. The molecule has 1 aromatic carbocycles. The molecule has 0 spiro atoms. The minimum atomic E-state index is -0.623. The maximum Gasteiger partial charge on any atom is 0.229 e. The molecule has 0 radical (unpaired) electrons. The van der Waals surface area contributed by atoms with Crippen molar-refractivity contribution in [3.8, 4) is 0 Å². The molecule has 0 fully saturated rings. The van der Waals surface area contributed by atoms with Gasteiger partial charge >= 0.3 is 0 Å². The average molecular weight is 506 g/mol. The monoisotopic (exact) mass is 502 g/mol. The van der Waals surface area contributed by atoms with E-state index in [0.717, 1.165) is 0 Å². The van der Waals surface area contributed by atoms with Gasteiger partial charge in [-0.05, 0) is 75.9 Å². The molecule has 0 bridgehead atoms. The first-order valence-electron chi connectivity index (χ1n) is 4.23. The summed E-state index contributed by atoms with van der Waals surface area (Å²) in [5, 5.41) is 0. The zero-order chi connectivity index (χ0) is 14.0. The van der Waals surface area contributed by atoms with Crippen LogP contribution in [0.2, 0.25) is 0 Å². The van der Waals surface area contributed by atoms with Crippen LogP contribution in [0, 0.1) is 0 Å². The molecule has 1 rings (SSSR count). The second-order valence-electron chi connectivity index (χ2n) is 3.04. The lowest BCUT2D eigenvalue weighted by atomic mass is 10.00. The summed E-state index contributed by atoms with van der Waals surface area (Å²) in [6.07, 6.45) is 0. The predicted octanol–water partition coefficient (Wildman–Crippen LogP) is 3.83. The molecule has 8 heteroatoms. The molecule has 0 aliphatic carbocycles. The molecule has 0 saturated carbocycles. The van der Waals surface area contributed by atoms with Crippen LogP contribution >= 0.6 is 63.7 Å². The van der Waals surface area contributed by atoms with Gasteiger partial charge in [0, 0.05) is 16.7 Å². The second kappa shape index (κ2) is 6.31. The van der Waals surface area contributed by atoms with E-state index in [2.05, 4.69) is 63.7 Å². The molecule has 0 unspecified atom stereocenters. The van der Waals surface area contributed by atoms with Gasteiger partial charge in [0.05, 0.1) is 5.56 Å². The molecule has 0 atom stereocenters. The summed E-state index contributed by atoms with van der Waals surface area (Å²) in [4.78, 5) is 45.5. The van der Waals surface area contributed by atoms with Crippen LogP contribution < -0.4 is 0 Å². The zero-order valence-corrected chi connectivity index (χ0v) is 14.6. The topological polar surface area (TPSA) is 68.3 Å². The summed E-state index contributed by atoms with van der Waals surface area (Å²) < 4.78 is -2.32. The summed E-state index contributed by atoms with van der Waals surface area (Å²) in [6, 6.07) is 2.45. The van der Waals surface area contributed by atoms with Crippen LogP contribution in [0.15, 0.2) is 12.1 Å². The van der Waals surface area contributed by atoms with Gasteiger partial charge < -0.3 is 0 Å². The summed E-state index contributed by atoms with van der Waals surface area (Å²) >= 11 is 10.8. The standard InChI is InChI=1S/C10H2Br4O4/c11-7(15)3-1-4(8(12)16)6(10(14)18)5(2-3)9(13)17/h1-2H. The molecule has 0 aliphatic rings. The summed E-state index contributed by atoms with van der Waals surface area (Å²) in [7, 11) is 0. The lowest BCUT2D eigenvalue weighted by molar-refractivity contribution is 0.105. The van der Waals surface area contributed by atoms with Crippen LogP contribution in [0.25, 0.3) is 0 Å². The third-order valence-electron chi connectivity index (χ3n) is 1.99. The Morgan fingerprint density at radius 1 is 0.667 bits per heavy atom. The quantitative estimate of drug-likeness (QED) is 0.584. The predicted molar refractivity (Wildman–Crippen MR) is 79.5 cm³/mol. The fourth-order valence-electron chi connectivity index (χ4n) is 1.28. The van der Waals surface area contributed by atoms with Crippen LogP contribution in [-0.4, -0.2) is 18.8 Å². The van der Waals surface area contributed by atoms with Crippen molar-refractivity contribution in [2.75, 3.05) is 0 Å². The Kier molecular flexibility index (Phi) is 5.57. The van der Waals surface area contributed by atoms with E-state index in [-0.39, 0.29) is 22.3 Å². The molecule has 18 heavy (non-hydrogen) atoms. The Labute approximate surface area is 135 Å². The number of halogens is 4. The van der Waals surface area contributed by atoms with Gasteiger partial charge in [-0.3, -0.25) is 19.2 Å². The molecular weight excluding hydrogens is 504 g/mol. The first-order chi connectivity index (χ1) is 8.25. The fourth-order valence-corrected chi connectivity index (χ4v) is 2.56. The minimum Gasteiger partial charge on any atom is -0.281 e. The van der Waals surface area contributed by atoms with Crippen molar-refractivity contribution >= 4 is 82.5 Å². The highest BCUT2D eigenvalue weighted by Crippen LogP contribution is 2.25. The van der Waals surface area contributed by atoms with Gasteiger partial charge in [-0.25, -0.2) is 0 Å². The average Bonchev–Trinajstić information content (AvgIpc) is 2.26. The minimum absolute atomic E-state index is 0.0648. The first kappa shape index (κ1) is 15.9. The van der Waals surface area contributed by atoms with E-state index in [9.17, 15) is 19.2 Å². The highest BCUT2D eigenvalue weighted by Gasteiger charge is 2.23.